The van der Waals surface area contributed by atoms with E-state index in [2.05, 4.69) is 27.2 Å². The molecule has 0 heterocycles. The number of carbonyl (C=O) groups excluding carboxylic acids is 1. The van der Waals surface area contributed by atoms with Crippen LogP contribution < -0.4 is 0 Å². The first-order valence-corrected chi connectivity index (χ1v) is 5.66. The highest BCUT2D eigenvalue weighted by Crippen LogP contribution is 2.40. The van der Waals surface area contributed by atoms with Gasteiger partial charge in [0.05, 0.1) is 7.11 Å². The van der Waals surface area contributed by atoms with E-state index in [1.807, 2.05) is 0 Å². The molecule has 0 aliphatic heterocycles. The number of alkyl halides is 3. The molecule has 0 amide bonds. The fourth-order valence-electron chi connectivity index (χ4n) is 1.52. The lowest BCUT2D eigenvalue weighted by Gasteiger charge is -2.21. The van der Waals surface area contributed by atoms with Gasteiger partial charge in [0, 0.05) is 10.0 Å². The second-order valence-electron chi connectivity index (χ2n) is 3.55. The van der Waals surface area contributed by atoms with Crippen LogP contribution in [0.4, 0.5) is 13.2 Å². The molecule has 18 heavy (non-hydrogen) atoms. The van der Waals surface area contributed by atoms with Crippen molar-refractivity contribution in [3.63, 3.8) is 0 Å². The third-order valence-electron chi connectivity index (χ3n) is 2.31. The summed E-state index contributed by atoms with van der Waals surface area (Å²) in [5, 5.41) is 0. The molecule has 1 atom stereocenters. The van der Waals surface area contributed by atoms with Crippen LogP contribution in [0.1, 0.15) is 11.5 Å². The van der Waals surface area contributed by atoms with Crippen molar-refractivity contribution in [2.24, 2.45) is 0 Å². The van der Waals surface area contributed by atoms with Gasteiger partial charge in [0.15, 0.2) is 0 Å². The van der Waals surface area contributed by atoms with Crippen molar-refractivity contribution in [3.05, 3.63) is 46.5 Å². The largest absolute Gasteiger partial charge is 0.466 e. The maximum atomic E-state index is 13.0. The Kier molecular flexibility index (Phi) is 4.56. The van der Waals surface area contributed by atoms with Gasteiger partial charge >= 0.3 is 12.1 Å². The second-order valence-corrected chi connectivity index (χ2v) is 4.46. The number of benzene rings is 1. The molecule has 0 saturated heterocycles. The zero-order valence-electron chi connectivity index (χ0n) is 9.42. The van der Waals surface area contributed by atoms with Crippen LogP contribution in [0.15, 0.2) is 40.9 Å². The molecular formula is C12H10BrF3O2. The van der Waals surface area contributed by atoms with E-state index in [-0.39, 0.29) is 5.56 Å². The van der Waals surface area contributed by atoms with Crippen LogP contribution in [0, 0.1) is 0 Å². The average molecular weight is 323 g/mol. The molecule has 1 aromatic carbocycles. The van der Waals surface area contributed by atoms with E-state index in [0.29, 0.717) is 4.47 Å². The van der Waals surface area contributed by atoms with E-state index < -0.39 is 23.6 Å². The topological polar surface area (TPSA) is 26.3 Å². The molecule has 98 valence electrons. The Balaban J connectivity index is 3.23. The molecule has 1 aromatic rings. The quantitative estimate of drug-likeness (QED) is 0.624. The molecular weight excluding hydrogens is 313 g/mol. The summed E-state index contributed by atoms with van der Waals surface area (Å²) < 4.78 is 43.8. The van der Waals surface area contributed by atoms with Gasteiger partial charge in [-0.3, -0.25) is 0 Å². The van der Waals surface area contributed by atoms with Gasteiger partial charge in [0.1, 0.15) is 5.92 Å². The average Bonchev–Trinajstić information content (AvgIpc) is 2.26. The number of ether oxygens (including phenoxy) is 1. The molecule has 0 aliphatic carbocycles. The van der Waals surface area contributed by atoms with Crippen molar-refractivity contribution in [3.8, 4) is 0 Å². The summed E-state index contributed by atoms with van der Waals surface area (Å²) >= 11 is 3.09. The zero-order valence-corrected chi connectivity index (χ0v) is 11.0. The van der Waals surface area contributed by atoms with E-state index in [9.17, 15) is 18.0 Å². The van der Waals surface area contributed by atoms with Crippen molar-refractivity contribution in [2.45, 2.75) is 12.1 Å². The second kappa shape index (κ2) is 5.56. The summed E-state index contributed by atoms with van der Waals surface area (Å²) in [4.78, 5) is 11.2. The van der Waals surface area contributed by atoms with Gasteiger partial charge in [0.2, 0.25) is 0 Å². The summed E-state index contributed by atoms with van der Waals surface area (Å²) in [6.45, 7) is 3.19. The van der Waals surface area contributed by atoms with E-state index in [1.165, 1.54) is 18.2 Å². The predicted octanol–water partition coefficient (Wildman–Crippen LogP) is 3.82. The van der Waals surface area contributed by atoms with E-state index >= 15 is 0 Å². The standard InChI is InChI=1S/C12H10BrF3O2/c1-7(11(17)18-2)10(12(14,15)16)8-4-3-5-9(13)6-8/h3-6,10H,1H2,2H3. The maximum Gasteiger partial charge on any atom is 0.399 e. The van der Waals surface area contributed by atoms with Crippen LogP contribution in [0.5, 0.6) is 0 Å². The van der Waals surface area contributed by atoms with Crippen molar-refractivity contribution >= 4 is 21.9 Å². The predicted molar refractivity (Wildman–Crippen MR) is 64.1 cm³/mol. The summed E-state index contributed by atoms with van der Waals surface area (Å²) in [5.41, 5.74) is -0.699. The third-order valence-corrected chi connectivity index (χ3v) is 2.80. The normalized spacial score (nSPS) is 12.9. The number of halogens is 4. The molecule has 0 radical (unpaired) electrons. The van der Waals surface area contributed by atoms with Gasteiger partial charge in [-0.05, 0) is 17.7 Å². The lowest BCUT2D eigenvalue weighted by Crippen LogP contribution is -2.26. The molecule has 0 aromatic heterocycles. The smallest absolute Gasteiger partial charge is 0.399 e. The molecule has 1 unspecified atom stereocenters. The number of carbonyl (C=O) groups is 1. The van der Waals surface area contributed by atoms with Crippen molar-refractivity contribution in [2.75, 3.05) is 7.11 Å². The molecule has 1 rings (SSSR count). The number of hydrogen-bond acceptors (Lipinski definition) is 2. The fraction of sp³-hybridized carbons (Fsp3) is 0.250. The first-order chi connectivity index (χ1) is 8.27. The molecule has 0 N–H and O–H groups in total. The van der Waals surface area contributed by atoms with Crippen LogP contribution in [0.3, 0.4) is 0 Å². The maximum absolute atomic E-state index is 13.0. The third kappa shape index (κ3) is 3.35. The van der Waals surface area contributed by atoms with Crippen molar-refractivity contribution in [1.82, 2.24) is 0 Å². The minimum atomic E-state index is -4.61. The molecule has 0 bridgehead atoms. The number of rotatable bonds is 3. The minimum Gasteiger partial charge on any atom is -0.466 e. The van der Waals surface area contributed by atoms with Crippen LogP contribution in [-0.2, 0) is 9.53 Å². The van der Waals surface area contributed by atoms with Crippen LogP contribution in [0.25, 0.3) is 0 Å². The van der Waals surface area contributed by atoms with Crippen LogP contribution >= 0.6 is 15.9 Å². The Morgan fingerprint density at radius 1 is 1.44 bits per heavy atom. The summed E-state index contributed by atoms with van der Waals surface area (Å²) in [6.07, 6.45) is -4.61. The van der Waals surface area contributed by atoms with E-state index in [4.69, 9.17) is 0 Å². The number of esters is 1. The van der Waals surface area contributed by atoms with Gasteiger partial charge in [-0.25, -0.2) is 4.79 Å². The highest BCUT2D eigenvalue weighted by Gasteiger charge is 2.44. The lowest BCUT2D eigenvalue weighted by atomic mass is 9.91. The highest BCUT2D eigenvalue weighted by atomic mass is 79.9. The van der Waals surface area contributed by atoms with E-state index in [1.54, 1.807) is 6.07 Å². The monoisotopic (exact) mass is 322 g/mol. The zero-order chi connectivity index (χ0) is 13.9. The highest BCUT2D eigenvalue weighted by molar-refractivity contribution is 9.10. The Labute approximate surface area is 111 Å². The first-order valence-electron chi connectivity index (χ1n) is 4.86. The summed E-state index contributed by atoms with van der Waals surface area (Å²) in [7, 11) is 1.02. The van der Waals surface area contributed by atoms with Gasteiger partial charge in [-0.2, -0.15) is 13.2 Å². The Hall–Kier alpha value is -1.30. The fourth-order valence-corrected chi connectivity index (χ4v) is 1.94. The number of hydrogen-bond donors (Lipinski definition) is 0. The SMILES string of the molecule is C=C(C(=O)OC)C(c1cccc(Br)c1)C(F)(F)F. The Morgan fingerprint density at radius 2 is 2.06 bits per heavy atom. The van der Waals surface area contributed by atoms with Crippen LogP contribution in [-0.4, -0.2) is 19.3 Å². The molecule has 0 saturated carbocycles. The summed E-state index contributed by atoms with van der Waals surface area (Å²) in [6, 6.07) is 5.64. The Bertz CT molecular complexity index is 469. The Morgan fingerprint density at radius 3 is 2.50 bits per heavy atom. The molecule has 6 heteroatoms. The van der Waals surface area contributed by atoms with Gasteiger partial charge in [-0.1, -0.05) is 34.6 Å². The molecule has 0 fully saturated rings. The molecule has 0 spiro atoms. The van der Waals surface area contributed by atoms with Gasteiger partial charge < -0.3 is 4.74 Å². The van der Waals surface area contributed by atoms with E-state index in [0.717, 1.165) is 7.11 Å². The minimum absolute atomic E-state index is 0.0627. The first kappa shape index (κ1) is 14.8. The summed E-state index contributed by atoms with van der Waals surface area (Å²) in [5.74, 6) is -3.14. The van der Waals surface area contributed by atoms with Crippen molar-refractivity contribution in [1.29, 1.82) is 0 Å². The van der Waals surface area contributed by atoms with Gasteiger partial charge in [0.25, 0.3) is 0 Å². The van der Waals surface area contributed by atoms with Gasteiger partial charge in [-0.15, -0.1) is 0 Å². The molecule has 0 aliphatic rings. The number of methoxy groups -OCH3 is 1. The van der Waals surface area contributed by atoms with Crippen LogP contribution in [0.2, 0.25) is 0 Å². The molecule has 2 nitrogen and oxygen atoms in total. The lowest BCUT2D eigenvalue weighted by molar-refractivity contribution is -0.153. The van der Waals surface area contributed by atoms with Crippen molar-refractivity contribution < 1.29 is 22.7 Å².